The lowest BCUT2D eigenvalue weighted by Crippen LogP contribution is -2.68. The molecule has 1 aliphatic carbocycles. The molecule has 3 heteroatoms. The summed E-state index contributed by atoms with van der Waals surface area (Å²) in [5, 5.41) is 3.84. The minimum absolute atomic E-state index is 0.297. The molecule has 2 heterocycles. The van der Waals surface area contributed by atoms with Gasteiger partial charge in [-0.15, -0.1) is 0 Å². The Labute approximate surface area is 124 Å². The highest BCUT2D eigenvalue weighted by atomic mass is 16.5. The van der Waals surface area contributed by atoms with E-state index >= 15 is 0 Å². The van der Waals surface area contributed by atoms with Crippen LogP contribution in [0.25, 0.3) is 0 Å². The number of piperazine rings is 1. The highest BCUT2D eigenvalue weighted by molar-refractivity contribution is 5.06. The minimum Gasteiger partial charge on any atom is -0.378 e. The van der Waals surface area contributed by atoms with E-state index in [1.807, 2.05) is 0 Å². The number of rotatable bonds is 5. The molecule has 1 N–H and O–H groups in total. The SMILES string of the molecule is CC1(C2CC2)CN(CCCC2CCCO2)C(C)(C)CN1. The molecule has 3 rings (SSSR count). The van der Waals surface area contributed by atoms with Crippen molar-refractivity contribution in [2.45, 2.75) is 76.5 Å². The van der Waals surface area contributed by atoms with Gasteiger partial charge < -0.3 is 10.1 Å². The summed E-state index contributed by atoms with van der Waals surface area (Å²) in [7, 11) is 0. The van der Waals surface area contributed by atoms with Crippen molar-refractivity contribution < 1.29 is 4.74 Å². The lowest BCUT2D eigenvalue weighted by Gasteiger charge is -2.51. The van der Waals surface area contributed by atoms with Crippen molar-refractivity contribution in [1.82, 2.24) is 10.2 Å². The molecule has 2 unspecified atom stereocenters. The highest BCUT2D eigenvalue weighted by Gasteiger charge is 2.47. The Morgan fingerprint density at radius 2 is 2.00 bits per heavy atom. The van der Waals surface area contributed by atoms with Crippen LogP contribution in [0.3, 0.4) is 0 Å². The summed E-state index contributed by atoms with van der Waals surface area (Å²) in [5.41, 5.74) is 0.657. The van der Waals surface area contributed by atoms with Crippen LogP contribution in [0.1, 0.15) is 59.3 Å². The van der Waals surface area contributed by atoms with Crippen LogP contribution in [-0.2, 0) is 4.74 Å². The van der Waals surface area contributed by atoms with Crippen LogP contribution in [0, 0.1) is 5.92 Å². The first-order valence-electron chi connectivity index (χ1n) is 8.61. The predicted octanol–water partition coefficient (Wildman–Crippen LogP) is 2.80. The van der Waals surface area contributed by atoms with Gasteiger partial charge in [0.05, 0.1) is 6.10 Å². The molecule has 2 aliphatic heterocycles. The minimum atomic E-state index is 0.297. The molecule has 2 atom stereocenters. The summed E-state index contributed by atoms with van der Waals surface area (Å²) in [6.07, 6.45) is 8.49. The second-order valence-electron chi connectivity index (χ2n) is 8.06. The maximum absolute atomic E-state index is 5.75. The molecule has 1 saturated carbocycles. The van der Waals surface area contributed by atoms with Crippen LogP contribution in [0.15, 0.2) is 0 Å². The second kappa shape index (κ2) is 5.58. The molecular formula is C17H32N2O. The third-order valence-electron chi connectivity index (χ3n) is 5.76. The lowest BCUT2D eigenvalue weighted by atomic mass is 9.86. The first-order valence-corrected chi connectivity index (χ1v) is 8.61. The van der Waals surface area contributed by atoms with E-state index in [-0.39, 0.29) is 0 Å². The summed E-state index contributed by atoms with van der Waals surface area (Å²) in [4.78, 5) is 2.73. The molecule has 3 fully saturated rings. The fraction of sp³-hybridized carbons (Fsp3) is 1.00. The number of hydrogen-bond acceptors (Lipinski definition) is 3. The van der Waals surface area contributed by atoms with Crippen molar-refractivity contribution in [3.05, 3.63) is 0 Å². The van der Waals surface area contributed by atoms with E-state index in [2.05, 4.69) is 31.0 Å². The average Bonchev–Trinajstić information content (AvgIpc) is 3.14. The summed E-state index contributed by atoms with van der Waals surface area (Å²) >= 11 is 0. The lowest BCUT2D eigenvalue weighted by molar-refractivity contribution is 0.0189. The first-order chi connectivity index (χ1) is 9.50. The van der Waals surface area contributed by atoms with Crippen molar-refractivity contribution in [1.29, 1.82) is 0 Å². The Balaban J connectivity index is 1.51. The fourth-order valence-electron chi connectivity index (χ4n) is 3.95. The number of nitrogens with one attached hydrogen (secondary N) is 1. The molecule has 2 saturated heterocycles. The molecule has 3 aliphatic rings. The van der Waals surface area contributed by atoms with Gasteiger partial charge in [0.25, 0.3) is 0 Å². The maximum Gasteiger partial charge on any atom is 0.0576 e. The Morgan fingerprint density at radius 1 is 1.20 bits per heavy atom. The van der Waals surface area contributed by atoms with Crippen LogP contribution in [-0.4, -0.2) is 48.3 Å². The first kappa shape index (κ1) is 14.8. The van der Waals surface area contributed by atoms with Crippen LogP contribution in [0.5, 0.6) is 0 Å². The van der Waals surface area contributed by atoms with E-state index < -0.39 is 0 Å². The average molecular weight is 280 g/mol. The molecule has 0 spiro atoms. The highest BCUT2D eigenvalue weighted by Crippen LogP contribution is 2.42. The number of nitrogens with zero attached hydrogens (tertiary/aromatic N) is 1. The monoisotopic (exact) mass is 280 g/mol. The van der Waals surface area contributed by atoms with E-state index in [9.17, 15) is 0 Å². The van der Waals surface area contributed by atoms with E-state index in [1.165, 1.54) is 51.6 Å². The molecule has 0 aromatic rings. The largest absolute Gasteiger partial charge is 0.378 e. The molecule has 0 aromatic heterocycles. The zero-order valence-electron chi connectivity index (χ0n) is 13.6. The van der Waals surface area contributed by atoms with Gasteiger partial charge in [-0.25, -0.2) is 0 Å². The molecule has 20 heavy (non-hydrogen) atoms. The van der Waals surface area contributed by atoms with Crippen molar-refractivity contribution in [3.63, 3.8) is 0 Å². The summed E-state index contributed by atoms with van der Waals surface area (Å²) in [6, 6.07) is 0. The standard InChI is InChI=1S/C17H32N2O/c1-16(2)12-18-17(3,14-8-9-14)13-19(16)10-4-6-15-7-5-11-20-15/h14-15,18H,4-13H2,1-3H3. The van der Waals surface area contributed by atoms with Crippen molar-refractivity contribution in [2.24, 2.45) is 5.92 Å². The van der Waals surface area contributed by atoms with Gasteiger partial charge >= 0.3 is 0 Å². The molecule has 0 amide bonds. The van der Waals surface area contributed by atoms with Gasteiger partial charge in [0.2, 0.25) is 0 Å². The quantitative estimate of drug-likeness (QED) is 0.838. The Kier molecular flexibility index (Phi) is 4.13. The van der Waals surface area contributed by atoms with Gasteiger partial charge in [-0.3, -0.25) is 4.90 Å². The van der Waals surface area contributed by atoms with Gasteiger partial charge in [0, 0.05) is 30.8 Å². The third-order valence-corrected chi connectivity index (χ3v) is 5.76. The molecule has 0 radical (unpaired) electrons. The van der Waals surface area contributed by atoms with Crippen LogP contribution in [0.2, 0.25) is 0 Å². The van der Waals surface area contributed by atoms with Crippen LogP contribution >= 0.6 is 0 Å². The molecule has 0 aromatic carbocycles. The third kappa shape index (κ3) is 3.20. The predicted molar refractivity (Wildman–Crippen MR) is 83.0 cm³/mol. The van der Waals surface area contributed by atoms with Crippen molar-refractivity contribution in [3.8, 4) is 0 Å². The van der Waals surface area contributed by atoms with Gasteiger partial charge in [0.15, 0.2) is 0 Å². The Bertz CT molecular complexity index is 334. The maximum atomic E-state index is 5.75. The number of hydrogen-bond donors (Lipinski definition) is 1. The van der Waals surface area contributed by atoms with E-state index in [4.69, 9.17) is 4.74 Å². The van der Waals surface area contributed by atoms with Crippen molar-refractivity contribution in [2.75, 3.05) is 26.2 Å². The Hall–Kier alpha value is -0.120. The normalized spacial score (nSPS) is 38.2. The van der Waals surface area contributed by atoms with Crippen LogP contribution < -0.4 is 5.32 Å². The molecular weight excluding hydrogens is 248 g/mol. The van der Waals surface area contributed by atoms with E-state index in [1.54, 1.807) is 0 Å². The molecule has 116 valence electrons. The van der Waals surface area contributed by atoms with Gasteiger partial charge in [-0.2, -0.15) is 0 Å². The topological polar surface area (TPSA) is 24.5 Å². The van der Waals surface area contributed by atoms with Crippen LogP contribution in [0.4, 0.5) is 0 Å². The summed E-state index contributed by atoms with van der Waals surface area (Å²) in [6.45, 7) is 11.8. The van der Waals surface area contributed by atoms with E-state index in [0.29, 0.717) is 17.2 Å². The summed E-state index contributed by atoms with van der Waals surface area (Å²) in [5.74, 6) is 0.916. The Morgan fingerprint density at radius 3 is 2.65 bits per heavy atom. The van der Waals surface area contributed by atoms with E-state index in [0.717, 1.165) is 19.1 Å². The smallest absolute Gasteiger partial charge is 0.0576 e. The van der Waals surface area contributed by atoms with Gasteiger partial charge in [-0.1, -0.05) is 0 Å². The second-order valence-corrected chi connectivity index (χ2v) is 8.06. The van der Waals surface area contributed by atoms with Gasteiger partial charge in [-0.05, 0) is 71.8 Å². The fourth-order valence-corrected chi connectivity index (χ4v) is 3.95. The zero-order valence-corrected chi connectivity index (χ0v) is 13.6. The zero-order chi connectivity index (χ0) is 14.2. The van der Waals surface area contributed by atoms with Crippen molar-refractivity contribution >= 4 is 0 Å². The van der Waals surface area contributed by atoms with Gasteiger partial charge in [0.1, 0.15) is 0 Å². The molecule has 0 bridgehead atoms. The molecule has 3 nitrogen and oxygen atoms in total. The number of ether oxygens (including phenoxy) is 1. The summed E-state index contributed by atoms with van der Waals surface area (Å²) < 4.78 is 5.75.